The van der Waals surface area contributed by atoms with Crippen molar-refractivity contribution in [3.05, 3.63) is 68.4 Å². The van der Waals surface area contributed by atoms with Crippen LogP contribution in [0.1, 0.15) is 5.56 Å². The van der Waals surface area contributed by atoms with E-state index in [1.807, 2.05) is 0 Å². The minimum Gasteiger partial charge on any atom is -0.366 e. The van der Waals surface area contributed by atoms with Crippen LogP contribution in [-0.2, 0) is 20.3 Å². The Morgan fingerprint density at radius 2 is 1.78 bits per heavy atom. The number of hydrogen-bond donors (Lipinski definition) is 0. The number of benzene rings is 2. The highest BCUT2D eigenvalue weighted by Gasteiger charge is 2.57. The van der Waals surface area contributed by atoms with Crippen LogP contribution in [-0.4, -0.2) is 56.4 Å². The van der Waals surface area contributed by atoms with Crippen molar-refractivity contribution in [2.24, 2.45) is 0 Å². The van der Waals surface area contributed by atoms with Crippen molar-refractivity contribution in [1.29, 1.82) is 0 Å². The average Bonchev–Trinajstić information content (AvgIpc) is 2.80. The molecule has 0 amide bonds. The van der Waals surface area contributed by atoms with E-state index in [0.29, 0.717) is 4.31 Å². The molecule has 1 fully saturated rings. The van der Waals surface area contributed by atoms with Gasteiger partial charge in [0.1, 0.15) is 37.0 Å². The Hall–Kier alpha value is -2.09. The maximum atomic E-state index is 14.8. The summed E-state index contributed by atoms with van der Waals surface area (Å²) in [5, 5.41) is 11.4. The van der Waals surface area contributed by atoms with Gasteiger partial charge in [0, 0.05) is 22.6 Å². The molecule has 0 bridgehead atoms. The van der Waals surface area contributed by atoms with E-state index in [-0.39, 0.29) is 4.47 Å². The molecule has 3 rings (SSSR count). The first-order chi connectivity index (χ1) is 15.1. The molecule has 0 N–H and O–H groups in total. The number of rotatable bonds is 7. The monoisotopic (exact) mass is 540 g/mol. The van der Waals surface area contributed by atoms with E-state index in [1.54, 1.807) is 0 Å². The lowest BCUT2D eigenvalue weighted by atomic mass is 9.88. The highest BCUT2D eigenvalue weighted by atomic mass is 79.9. The van der Waals surface area contributed by atoms with E-state index >= 15 is 0 Å². The van der Waals surface area contributed by atoms with Gasteiger partial charge in [0.25, 0.3) is 15.7 Å². The zero-order chi connectivity index (χ0) is 23.7. The molecule has 2 aromatic carbocycles. The van der Waals surface area contributed by atoms with Gasteiger partial charge in [-0.2, -0.15) is 4.31 Å². The predicted molar refractivity (Wildman–Crippen MR) is 109 cm³/mol. The third-order valence-corrected chi connectivity index (χ3v) is 7.75. The Kier molecular flexibility index (Phi) is 6.94. The van der Waals surface area contributed by atoms with Crippen LogP contribution in [0.15, 0.2) is 51.8 Å². The van der Waals surface area contributed by atoms with Crippen molar-refractivity contribution in [1.82, 2.24) is 4.31 Å². The summed E-state index contributed by atoms with van der Waals surface area (Å²) in [6.07, 6.45) is 0. The van der Waals surface area contributed by atoms with Gasteiger partial charge >= 0.3 is 0 Å². The molecule has 1 aliphatic heterocycles. The fourth-order valence-corrected chi connectivity index (χ4v) is 5.82. The Labute approximate surface area is 189 Å². The normalized spacial score (nSPS) is 21.4. The number of nitro groups is 1. The van der Waals surface area contributed by atoms with Gasteiger partial charge < -0.3 is 4.74 Å². The largest absolute Gasteiger partial charge is 0.366 e. The maximum absolute atomic E-state index is 14.8. The van der Waals surface area contributed by atoms with Crippen LogP contribution >= 0.6 is 15.9 Å². The number of halogens is 5. The van der Waals surface area contributed by atoms with Crippen LogP contribution < -0.4 is 0 Å². The fourth-order valence-electron chi connectivity index (χ4n) is 3.50. The Balaban J connectivity index is 2.31. The number of nitrogens with zero attached hydrogens (tertiary/aromatic N) is 2. The number of alkyl halides is 3. The van der Waals surface area contributed by atoms with Gasteiger partial charge in [-0.25, -0.2) is 26.0 Å². The van der Waals surface area contributed by atoms with Gasteiger partial charge in [-0.1, -0.05) is 28.1 Å². The van der Waals surface area contributed by atoms with Crippen LogP contribution in [0.5, 0.6) is 0 Å². The third-order valence-electron chi connectivity index (χ3n) is 5.29. The number of hydrogen-bond acceptors (Lipinski definition) is 5. The maximum Gasteiger partial charge on any atom is 0.289 e. The van der Waals surface area contributed by atoms with Crippen LogP contribution in [0.4, 0.5) is 23.2 Å². The molecule has 32 heavy (non-hydrogen) atoms. The zero-order valence-electron chi connectivity index (χ0n) is 16.3. The molecule has 0 unspecified atom stereocenters. The van der Waals surface area contributed by atoms with Gasteiger partial charge in [0.05, 0.1) is 11.5 Å². The van der Waals surface area contributed by atoms with Gasteiger partial charge in [0.2, 0.25) is 0 Å². The molecular formula is C19H17BrF4N2O5S. The lowest BCUT2D eigenvalue weighted by Crippen LogP contribution is -2.66. The molecule has 13 heteroatoms. The second kappa shape index (κ2) is 9.04. The summed E-state index contributed by atoms with van der Waals surface area (Å²) < 4.78 is 90.0. The lowest BCUT2D eigenvalue weighted by molar-refractivity contribution is -0.387. The average molecular weight is 541 g/mol. The van der Waals surface area contributed by atoms with Crippen molar-refractivity contribution < 1.29 is 35.6 Å². The van der Waals surface area contributed by atoms with E-state index in [0.717, 1.165) is 24.3 Å². The highest BCUT2D eigenvalue weighted by Crippen LogP contribution is 2.44. The minimum atomic E-state index is -4.97. The molecule has 174 valence electrons. The molecular weight excluding hydrogens is 524 g/mol. The number of sulfonamides is 1. The van der Waals surface area contributed by atoms with Crippen LogP contribution in [0, 0.1) is 15.9 Å². The predicted octanol–water partition coefficient (Wildman–Crippen LogP) is 4.06. The molecule has 2 aromatic rings. The quantitative estimate of drug-likeness (QED) is 0.300. The van der Waals surface area contributed by atoms with Crippen molar-refractivity contribution >= 4 is 31.6 Å². The topological polar surface area (TPSA) is 89.8 Å². The number of nitro benzene ring substituents is 1. The Morgan fingerprint density at radius 3 is 2.38 bits per heavy atom. The second-order valence-electron chi connectivity index (χ2n) is 7.26. The van der Waals surface area contributed by atoms with Crippen molar-refractivity contribution in [3.8, 4) is 0 Å². The van der Waals surface area contributed by atoms with Gasteiger partial charge in [0.15, 0.2) is 4.90 Å². The third kappa shape index (κ3) is 4.02. The van der Waals surface area contributed by atoms with Crippen molar-refractivity contribution in [3.63, 3.8) is 0 Å². The summed E-state index contributed by atoms with van der Waals surface area (Å²) >= 11 is 3.10. The fraction of sp³-hybridized carbons (Fsp3) is 0.368. The molecule has 0 radical (unpaired) electrons. The molecule has 1 aliphatic rings. The van der Waals surface area contributed by atoms with Crippen LogP contribution in [0.25, 0.3) is 0 Å². The first-order valence-corrected chi connectivity index (χ1v) is 11.3. The summed E-state index contributed by atoms with van der Waals surface area (Å²) in [6.45, 7) is -6.42. The standard InChI is InChI=1S/C19H17BrF4N2O5S/c20-13-5-6-15(24)14(7-13)19(10-23)12-31-18(8-21,9-22)11-25(19)32(29,30)17-4-2-1-3-16(17)26(27)28/h1-7H,8-12H2/t19-/m0/s1. The molecule has 0 spiro atoms. The molecule has 1 saturated heterocycles. The van der Waals surface area contributed by atoms with E-state index in [2.05, 4.69) is 15.9 Å². The smallest absolute Gasteiger partial charge is 0.289 e. The summed E-state index contributed by atoms with van der Waals surface area (Å²) in [5.41, 5.74) is -5.93. The number of para-hydroxylation sites is 1. The molecule has 0 aliphatic carbocycles. The zero-order valence-corrected chi connectivity index (χ0v) is 18.7. The van der Waals surface area contributed by atoms with E-state index in [1.165, 1.54) is 18.2 Å². The highest BCUT2D eigenvalue weighted by molar-refractivity contribution is 9.10. The Bertz CT molecular complexity index is 1130. The number of morpholine rings is 1. The Morgan fingerprint density at radius 1 is 1.12 bits per heavy atom. The lowest BCUT2D eigenvalue weighted by Gasteiger charge is -2.50. The van der Waals surface area contributed by atoms with Crippen LogP contribution in [0.3, 0.4) is 0 Å². The van der Waals surface area contributed by atoms with Crippen molar-refractivity contribution in [2.45, 2.75) is 16.0 Å². The molecule has 7 nitrogen and oxygen atoms in total. The van der Waals surface area contributed by atoms with E-state index in [4.69, 9.17) is 4.74 Å². The van der Waals surface area contributed by atoms with Gasteiger partial charge in [-0.3, -0.25) is 10.1 Å². The minimum absolute atomic E-state index is 0.276. The summed E-state index contributed by atoms with van der Waals surface area (Å²) in [6, 6.07) is 7.63. The number of ether oxygens (including phenoxy) is 1. The summed E-state index contributed by atoms with van der Waals surface area (Å²) in [5.74, 6) is -0.995. The van der Waals surface area contributed by atoms with Gasteiger partial charge in [-0.15, -0.1) is 0 Å². The SMILES string of the molecule is O=[N+]([O-])c1ccccc1S(=O)(=O)N1CC(CF)(CF)OC[C@@]1(CF)c1cc(Br)ccc1F. The molecule has 1 heterocycles. The molecule has 0 aromatic heterocycles. The summed E-state index contributed by atoms with van der Waals surface area (Å²) in [4.78, 5) is 9.64. The van der Waals surface area contributed by atoms with Gasteiger partial charge in [-0.05, 0) is 24.3 Å². The van der Waals surface area contributed by atoms with E-state index < -0.39 is 81.2 Å². The van der Waals surface area contributed by atoms with Crippen LogP contribution in [0.2, 0.25) is 0 Å². The molecule has 0 saturated carbocycles. The second-order valence-corrected chi connectivity index (χ2v) is 10.0. The first-order valence-electron chi connectivity index (χ1n) is 9.10. The molecule has 1 atom stereocenters. The van der Waals surface area contributed by atoms with Crippen molar-refractivity contribution in [2.75, 3.05) is 33.2 Å². The first kappa shape index (κ1) is 24.6. The van der Waals surface area contributed by atoms with E-state index in [9.17, 15) is 36.1 Å². The summed E-state index contributed by atoms with van der Waals surface area (Å²) in [7, 11) is -4.97.